The largest absolute Gasteiger partial charge is 0.496 e. The smallest absolute Gasteiger partial charge is 0.203 e. The fourth-order valence-corrected chi connectivity index (χ4v) is 2.39. The molecular formula is C10H11N3OS2. The average molecular weight is 253 g/mol. The molecule has 0 fully saturated rings. The molecule has 1 heterocycles. The van der Waals surface area contributed by atoms with Gasteiger partial charge in [0.25, 0.3) is 0 Å². The summed E-state index contributed by atoms with van der Waals surface area (Å²) < 4.78 is 5.34. The highest BCUT2D eigenvalue weighted by molar-refractivity contribution is 7.98. The number of thioether (sulfide) groups is 1. The van der Waals surface area contributed by atoms with E-state index in [1.54, 1.807) is 18.9 Å². The molecule has 6 heteroatoms. The van der Waals surface area contributed by atoms with Crippen molar-refractivity contribution in [3.8, 4) is 16.3 Å². The van der Waals surface area contributed by atoms with Gasteiger partial charge < -0.3 is 10.5 Å². The van der Waals surface area contributed by atoms with E-state index in [-0.39, 0.29) is 0 Å². The van der Waals surface area contributed by atoms with Gasteiger partial charge in [0.1, 0.15) is 5.75 Å². The molecule has 0 aliphatic heterocycles. The van der Waals surface area contributed by atoms with Gasteiger partial charge in [-0.25, -0.2) is 0 Å². The van der Waals surface area contributed by atoms with Gasteiger partial charge in [-0.2, -0.15) is 0 Å². The molecule has 0 radical (unpaired) electrons. The lowest BCUT2D eigenvalue weighted by Gasteiger charge is -2.06. The molecule has 0 aliphatic rings. The molecule has 4 nitrogen and oxygen atoms in total. The van der Waals surface area contributed by atoms with E-state index in [1.807, 2.05) is 24.5 Å². The van der Waals surface area contributed by atoms with Gasteiger partial charge in [-0.1, -0.05) is 11.3 Å². The van der Waals surface area contributed by atoms with Gasteiger partial charge >= 0.3 is 0 Å². The van der Waals surface area contributed by atoms with Crippen molar-refractivity contribution in [3.05, 3.63) is 18.2 Å². The van der Waals surface area contributed by atoms with E-state index in [0.29, 0.717) is 5.13 Å². The first-order valence-corrected chi connectivity index (χ1v) is 6.60. The van der Waals surface area contributed by atoms with E-state index in [9.17, 15) is 0 Å². The molecule has 16 heavy (non-hydrogen) atoms. The fraction of sp³-hybridized carbons (Fsp3) is 0.200. The van der Waals surface area contributed by atoms with Crippen LogP contribution < -0.4 is 10.5 Å². The Labute approximate surface area is 102 Å². The third kappa shape index (κ3) is 2.12. The van der Waals surface area contributed by atoms with E-state index in [4.69, 9.17) is 10.5 Å². The Balaban J connectivity index is 2.48. The Morgan fingerprint density at radius 1 is 1.38 bits per heavy atom. The van der Waals surface area contributed by atoms with E-state index >= 15 is 0 Å². The van der Waals surface area contributed by atoms with Crippen LogP contribution in [-0.2, 0) is 0 Å². The summed E-state index contributed by atoms with van der Waals surface area (Å²) in [7, 11) is 1.65. The van der Waals surface area contributed by atoms with E-state index in [2.05, 4.69) is 10.2 Å². The SMILES string of the molecule is COc1cc(SC)ccc1-c1nnc(N)s1. The van der Waals surface area contributed by atoms with Crippen molar-refractivity contribution in [1.82, 2.24) is 10.2 Å². The maximum atomic E-state index is 5.56. The zero-order valence-corrected chi connectivity index (χ0v) is 10.6. The van der Waals surface area contributed by atoms with Gasteiger partial charge in [-0.15, -0.1) is 22.0 Å². The number of rotatable bonds is 3. The summed E-state index contributed by atoms with van der Waals surface area (Å²) in [6.07, 6.45) is 2.03. The number of benzene rings is 1. The molecule has 0 saturated carbocycles. The fourth-order valence-electron chi connectivity index (χ4n) is 1.32. The number of aromatic nitrogens is 2. The zero-order valence-electron chi connectivity index (χ0n) is 8.93. The van der Waals surface area contributed by atoms with Crippen LogP contribution >= 0.6 is 23.1 Å². The lowest BCUT2D eigenvalue weighted by atomic mass is 10.2. The van der Waals surface area contributed by atoms with Gasteiger partial charge in [0.15, 0.2) is 5.01 Å². The summed E-state index contributed by atoms with van der Waals surface area (Å²) in [5.41, 5.74) is 6.49. The molecule has 0 spiro atoms. The Kier molecular flexibility index (Phi) is 3.31. The minimum absolute atomic E-state index is 0.464. The molecule has 2 aromatic rings. The van der Waals surface area contributed by atoms with Gasteiger partial charge in [0.05, 0.1) is 12.7 Å². The quantitative estimate of drug-likeness (QED) is 0.852. The Morgan fingerprint density at radius 3 is 2.75 bits per heavy atom. The Hall–Kier alpha value is -1.27. The minimum Gasteiger partial charge on any atom is -0.496 e. The van der Waals surface area contributed by atoms with Crippen molar-refractivity contribution in [3.63, 3.8) is 0 Å². The van der Waals surface area contributed by atoms with Crippen LogP contribution in [0.1, 0.15) is 0 Å². The molecule has 1 aromatic carbocycles. The zero-order chi connectivity index (χ0) is 11.5. The normalized spacial score (nSPS) is 10.4. The van der Waals surface area contributed by atoms with Crippen LogP contribution in [-0.4, -0.2) is 23.6 Å². The standard InChI is InChI=1S/C10H11N3OS2/c1-14-8-5-6(15-2)3-4-7(8)9-12-13-10(11)16-9/h3-5H,1-2H3,(H2,11,13). The monoisotopic (exact) mass is 253 g/mol. The Bertz CT molecular complexity index is 499. The van der Waals surface area contributed by atoms with Crippen LogP contribution in [0.15, 0.2) is 23.1 Å². The molecule has 84 valence electrons. The third-order valence-corrected chi connectivity index (χ3v) is 3.59. The average Bonchev–Trinajstić information content (AvgIpc) is 2.74. The van der Waals surface area contributed by atoms with Gasteiger partial charge in [0, 0.05) is 4.90 Å². The minimum atomic E-state index is 0.464. The number of nitrogens with two attached hydrogens (primary N) is 1. The van der Waals surface area contributed by atoms with Gasteiger partial charge in [-0.05, 0) is 24.5 Å². The number of anilines is 1. The maximum absolute atomic E-state index is 5.56. The van der Waals surface area contributed by atoms with Crippen LogP contribution in [0.5, 0.6) is 5.75 Å². The van der Waals surface area contributed by atoms with Crippen LogP contribution in [0.3, 0.4) is 0 Å². The van der Waals surface area contributed by atoms with Crippen LogP contribution in [0, 0.1) is 0 Å². The Morgan fingerprint density at radius 2 is 2.19 bits per heavy atom. The molecule has 0 bridgehead atoms. The van der Waals surface area contributed by atoms with Crippen molar-refractivity contribution in [2.75, 3.05) is 19.1 Å². The van der Waals surface area contributed by atoms with Crippen LogP contribution in [0.4, 0.5) is 5.13 Å². The summed E-state index contributed by atoms with van der Waals surface area (Å²) in [5.74, 6) is 0.794. The molecule has 0 atom stereocenters. The first kappa shape index (κ1) is 11.2. The summed E-state index contributed by atoms with van der Waals surface area (Å²) in [4.78, 5) is 1.15. The topological polar surface area (TPSA) is 61.0 Å². The lowest BCUT2D eigenvalue weighted by Crippen LogP contribution is -1.88. The molecule has 2 rings (SSSR count). The number of methoxy groups -OCH3 is 1. The van der Waals surface area contributed by atoms with Crippen LogP contribution in [0.2, 0.25) is 0 Å². The summed E-state index contributed by atoms with van der Waals surface area (Å²) in [5, 5.41) is 9.05. The van der Waals surface area contributed by atoms with Crippen molar-refractivity contribution in [2.45, 2.75) is 4.90 Å². The molecule has 0 saturated heterocycles. The van der Waals surface area contributed by atoms with Gasteiger partial charge in [-0.3, -0.25) is 0 Å². The number of hydrogen-bond acceptors (Lipinski definition) is 6. The lowest BCUT2D eigenvalue weighted by molar-refractivity contribution is 0.415. The third-order valence-electron chi connectivity index (χ3n) is 2.08. The number of nitrogen functional groups attached to an aromatic ring is 1. The van der Waals surface area contributed by atoms with E-state index < -0.39 is 0 Å². The summed E-state index contributed by atoms with van der Waals surface area (Å²) in [6.45, 7) is 0. The predicted octanol–water partition coefficient (Wildman–Crippen LogP) is 2.52. The second kappa shape index (κ2) is 4.71. The highest BCUT2D eigenvalue weighted by atomic mass is 32.2. The predicted molar refractivity (Wildman–Crippen MR) is 68.1 cm³/mol. The molecule has 2 N–H and O–H groups in total. The van der Waals surface area contributed by atoms with Crippen LogP contribution in [0.25, 0.3) is 10.6 Å². The van der Waals surface area contributed by atoms with E-state index in [1.165, 1.54) is 11.3 Å². The highest BCUT2D eigenvalue weighted by Crippen LogP contribution is 2.35. The molecule has 0 aliphatic carbocycles. The van der Waals surface area contributed by atoms with E-state index in [0.717, 1.165) is 21.2 Å². The van der Waals surface area contributed by atoms with Crippen molar-refractivity contribution < 1.29 is 4.74 Å². The molecule has 0 unspecified atom stereocenters. The molecule has 0 amide bonds. The molecule has 1 aromatic heterocycles. The molecular weight excluding hydrogens is 242 g/mol. The first-order chi connectivity index (χ1) is 7.74. The summed E-state index contributed by atoms with van der Waals surface area (Å²) in [6, 6.07) is 5.99. The van der Waals surface area contributed by atoms with Crippen molar-refractivity contribution in [2.24, 2.45) is 0 Å². The number of ether oxygens (including phenoxy) is 1. The first-order valence-electron chi connectivity index (χ1n) is 4.56. The summed E-state index contributed by atoms with van der Waals surface area (Å²) >= 11 is 3.02. The number of nitrogens with zero attached hydrogens (tertiary/aromatic N) is 2. The maximum Gasteiger partial charge on any atom is 0.203 e. The highest BCUT2D eigenvalue weighted by Gasteiger charge is 2.11. The van der Waals surface area contributed by atoms with Crippen molar-refractivity contribution >= 4 is 28.2 Å². The second-order valence-corrected chi connectivity index (χ2v) is 4.90. The number of hydrogen-bond donors (Lipinski definition) is 1. The van der Waals surface area contributed by atoms with Crippen molar-refractivity contribution in [1.29, 1.82) is 0 Å². The van der Waals surface area contributed by atoms with Gasteiger partial charge in [0.2, 0.25) is 5.13 Å². The second-order valence-electron chi connectivity index (χ2n) is 3.01.